The molecule has 0 aromatic carbocycles. The van der Waals surface area contributed by atoms with Crippen molar-refractivity contribution < 1.29 is 19.9 Å². The third-order valence-corrected chi connectivity index (χ3v) is 6.53. The third kappa shape index (κ3) is 7.48. The van der Waals surface area contributed by atoms with Crippen LogP contribution in [-0.4, -0.2) is 54.9 Å². The number of hydrogen-bond acceptors (Lipinski definition) is 7. The first-order chi connectivity index (χ1) is 15.7. The summed E-state index contributed by atoms with van der Waals surface area (Å²) in [4.78, 5) is 27.8. The van der Waals surface area contributed by atoms with Gasteiger partial charge in [0, 0.05) is 54.6 Å². The van der Waals surface area contributed by atoms with Crippen molar-refractivity contribution >= 4 is 5.91 Å². The van der Waals surface area contributed by atoms with E-state index in [1.165, 1.54) is 6.42 Å². The maximum absolute atomic E-state index is 12.5. The van der Waals surface area contributed by atoms with Gasteiger partial charge in [-0.1, -0.05) is 20.3 Å². The normalized spacial score (nSPS) is 28.4. The van der Waals surface area contributed by atoms with Crippen molar-refractivity contribution in [3.05, 3.63) is 27.8 Å². The summed E-state index contributed by atoms with van der Waals surface area (Å²) in [6.07, 6.45) is 5.65. The van der Waals surface area contributed by atoms with E-state index >= 15 is 0 Å². The quantitative estimate of drug-likeness (QED) is 0.354. The van der Waals surface area contributed by atoms with Gasteiger partial charge in [0.1, 0.15) is 5.82 Å². The zero-order chi connectivity index (χ0) is 24.5. The minimum atomic E-state index is -0.815. The smallest absolute Gasteiger partial charge is 0.222 e. The molecule has 0 aliphatic heterocycles. The number of amides is 1. The molecule has 33 heavy (non-hydrogen) atoms. The lowest BCUT2D eigenvalue weighted by Gasteiger charge is -2.30. The van der Waals surface area contributed by atoms with E-state index in [-0.39, 0.29) is 29.2 Å². The van der Waals surface area contributed by atoms with Crippen LogP contribution in [0.15, 0.2) is 6.20 Å². The van der Waals surface area contributed by atoms with E-state index in [4.69, 9.17) is 5.73 Å². The number of nitrogens with two attached hydrogens (primary N) is 1. The molecule has 1 amide bonds. The van der Waals surface area contributed by atoms with E-state index in [1.54, 1.807) is 6.20 Å². The predicted molar refractivity (Wildman–Crippen MR) is 125 cm³/mol. The van der Waals surface area contributed by atoms with Gasteiger partial charge in [0.2, 0.25) is 11.9 Å². The molecule has 2 fully saturated rings. The molecule has 0 bridgehead atoms. The number of nitrogens with zero attached hydrogens (tertiary/aromatic N) is 3. The number of nitro groups is 1. The highest BCUT2D eigenvalue weighted by Crippen LogP contribution is 2.35. The number of aromatic nitrogens is 2. The zero-order valence-corrected chi connectivity index (χ0v) is 20.2. The molecule has 1 aromatic heterocycles. The Kier molecular flexibility index (Phi) is 10.7. The summed E-state index contributed by atoms with van der Waals surface area (Å²) in [6.45, 7) is 6.92. The number of carbonyl (C=O) groups is 1. The number of imidazole rings is 1. The Bertz CT molecular complexity index is 762. The first-order valence-electron chi connectivity index (χ1n) is 12.3. The van der Waals surface area contributed by atoms with Crippen molar-refractivity contribution in [2.24, 2.45) is 5.73 Å². The summed E-state index contributed by atoms with van der Waals surface area (Å²) in [5, 5.41) is 33.3. The lowest BCUT2D eigenvalue weighted by molar-refractivity contribution is -0.526. The first-order valence-corrected chi connectivity index (χ1v) is 12.3. The van der Waals surface area contributed by atoms with E-state index in [0.29, 0.717) is 44.5 Å². The Labute approximate surface area is 196 Å². The molecule has 3 unspecified atom stereocenters. The average Bonchev–Trinajstić information content (AvgIpc) is 3.21. The molecular formula is C23H41N5O5. The van der Waals surface area contributed by atoms with Crippen LogP contribution in [0.4, 0.5) is 0 Å². The molecule has 2 aliphatic carbocycles. The third-order valence-electron chi connectivity index (χ3n) is 6.53. The fourth-order valence-corrected chi connectivity index (χ4v) is 4.79. The Morgan fingerprint density at radius 2 is 1.85 bits per heavy atom. The Morgan fingerprint density at radius 1 is 1.21 bits per heavy atom. The number of carbonyl (C=O) groups excluding carboxylic acids is 1. The van der Waals surface area contributed by atoms with Gasteiger partial charge in [0.05, 0.1) is 18.2 Å². The number of rotatable bonds is 7. The van der Waals surface area contributed by atoms with Gasteiger partial charge in [-0.3, -0.25) is 14.9 Å². The molecule has 10 heteroatoms. The van der Waals surface area contributed by atoms with E-state index in [0.717, 1.165) is 18.5 Å². The summed E-state index contributed by atoms with van der Waals surface area (Å²) in [6, 6.07) is -1.18. The fraction of sp³-hybridized carbons (Fsp3) is 0.826. The molecule has 0 radical (unpaired) electrons. The SMILES string of the molecule is CCC.CCn1c(C2CCC([N+](=O)[O-])CC2)cnc1[C@@H](N)CC(=O)NC1CCC(O)C(O)C1. The van der Waals surface area contributed by atoms with Crippen LogP contribution in [0.5, 0.6) is 0 Å². The summed E-state index contributed by atoms with van der Waals surface area (Å²) in [5.41, 5.74) is 7.35. The van der Waals surface area contributed by atoms with Crippen LogP contribution >= 0.6 is 0 Å². The van der Waals surface area contributed by atoms with E-state index in [1.807, 2.05) is 11.5 Å². The van der Waals surface area contributed by atoms with Crippen molar-refractivity contribution in [3.8, 4) is 0 Å². The zero-order valence-electron chi connectivity index (χ0n) is 20.2. The van der Waals surface area contributed by atoms with Gasteiger partial charge in [0.15, 0.2) is 0 Å². The van der Waals surface area contributed by atoms with Crippen LogP contribution in [0.3, 0.4) is 0 Å². The van der Waals surface area contributed by atoms with Crippen molar-refractivity contribution in [2.45, 2.75) is 121 Å². The van der Waals surface area contributed by atoms with Gasteiger partial charge in [-0.2, -0.15) is 0 Å². The van der Waals surface area contributed by atoms with Crippen LogP contribution < -0.4 is 11.1 Å². The van der Waals surface area contributed by atoms with Gasteiger partial charge in [0.25, 0.3) is 0 Å². The average molecular weight is 468 g/mol. The molecule has 1 aromatic rings. The highest BCUT2D eigenvalue weighted by molar-refractivity contribution is 5.77. The van der Waals surface area contributed by atoms with Crippen molar-refractivity contribution in [1.82, 2.24) is 14.9 Å². The van der Waals surface area contributed by atoms with Crippen LogP contribution in [-0.2, 0) is 11.3 Å². The second kappa shape index (κ2) is 13.0. The summed E-state index contributed by atoms with van der Waals surface area (Å²) in [5.74, 6) is 0.673. The maximum Gasteiger partial charge on any atom is 0.222 e. The lowest BCUT2D eigenvalue weighted by Crippen LogP contribution is -2.45. The van der Waals surface area contributed by atoms with Gasteiger partial charge in [-0.25, -0.2) is 4.98 Å². The van der Waals surface area contributed by atoms with Crippen molar-refractivity contribution in [3.63, 3.8) is 0 Å². The number of nitrogens with one attached hydrogen (secondary N) is 1. The molecule has 1 heterocycles. The molecule has 3 rings (SSSR count). The minimum Gasteiger partial charge on any atom is -0.390 e. The van der Waals surface area contributed by atoms with E-state index < -0.39 is 24.3 Å². The summed E-state index contributed by atoms with van der Waals surface area (Å²) >= 11 is 0. The Hall–Kier alpha value is -2.04. The first kappa shape index (κ1) is 27.2. The van der Waals surface area contributed by atoms with Crippen LogP contribution in [0.25, 0.3) is 0 Å². The largest absolute Gasteiger partial charge is 0.390 e. The predicted octanol–water partition coefficient (Wildman–Crippen LogP) is 2.40. The number of aliphatic hydroxyl groups excluding tert-OH is 2. The molecule has 2 saturated carbocycles. The molecule has 188 valence electrons. The highest BCUT2D eigenvalue weighted by Gasteiger charge is 2.32. The van der Waals surface area contributed by atoms with Gasteiger partial charge in [-0.05, 0) is 39.0 Å². The Balaban J connectivity index is 0.00000122. The fourth-order valence-electron chi connectivity index (χ4n) is 4.79. The molecule has 0 saturated heterocycles. The molecule has 2 aliphatic rings. The number of aliphatic hydroxyl groups is 2. The lowest BCUT2D eigenvalue weighted by atomic mass is 9.84. The second-order valence-electron chi connectivity index (χ2n) is 9.31. The molecule has 4 atom stereocenters. The van der Waals surface area contributed by atoms with Crippen molar-refractivity contribution in [1.29, 1.82) is 0 Å². The monoisotopic (exact) mass is 467 g/mol. The van der Waals surface area contributed by atoms with Gasteiger partial charge >= 0.3 is 0 Å². The number of hydrogen-bond donors (Lipinski definition) is 4. The topological polar surface area (TPSA) is 157 Å². The van der Waals surface area contributed by atoms with Crippen LogP contribution in [0, 0.1) is 10.1 Å². The Morgan fingerprint density at radius 3 is 2.39 bits per heavy atom. The van der Waals surface area contributed by atoms with Gasteiger partial charge < -0.3 is 25.8 Å². The van der Waals surface area contributed by atoms with E-state index in [2.05, 4.69) is 24.1 Å². The maximum atomic E-state index is 12.5. The highest BCUT2D eigenvalue weighted by atomic mass is 16.6. The summed E-state index contributed by atoms with van der Waals surface area (Å²) in [7, 11) is 0. The molecule has 5 N–H and O–H groups in total. The van der Waals surface area contributed by atoms with Gasteiger partial charge in [-0.15, -0.1) is 0 Å². The van der Waals surface area contributed by atoms with Crippen LogP contribution in [0.2, 0.25) is 0 Å². The molecule has 0 spiro atoms. The minimum absolute atomic E-state index is 0.0830. The van der Waals surface area contributed by atoms with Crippen LogP contribution in [0.1, 0.15) is 102 Å². The standard InChI is InChI=1S/C20H33N5O5.C3H8/c1-2-24-16(12-3-6-14(7-4-12)25(29)30)11-22-20(24)15(21)10-19(28)23-13-5-8-17(26)18(27)9-13;1-3-2/h11-15,17-18,26-27H,2-10,21H2,1H3,(H,23,28);3H2,1-2H3/t12?,13?,14?,15-,17?,18?;/m0./s1. The summed E-state index contributed by atoms with van der Waals surface area (Å²) < 4.78 is 2.04. The molecular weight excluding hydrogens is 426 g/mol. The van der Waals surface area contributed by atoms with Crippen molar-refractivity contribution in [2.75, 3.05) is 0 Å². The van der Waals surface area contributed by atoms with E-state index in [9.17, 15) is 25.1 Å². The molecule has 10 nitrogen and oxygen atoms in total. The second-order valence-corrected chi connectivity index (χ2v) is 9.31.